The predicted molar refractivity (Wildman–Crippen MR) is 122 cm³/mol. The van der Waals surface area contributed by atoms with Crippen molar-refractivity contribution < 1.29 is 4.79 Å². The second-order valence-corrected chi connectivity index (χ2v) is 7.81. The summed E-state index contributed by atoms with van der Waals surface area (Å²) in [4.78, 5) is 32.6. The van der Waals surface area contributed by atoms with Crippen LogP contribution in [0.3, 0.4) is 0 Å². The van der Waals surface area contributed by atoms with Gasteiger partial charge in [0.15, 0.2) is 0 Å². The Morgan fingerprint density at radius 1 is 1.06 bits per heavy atom. The number of nitrogens with zero attached hydrogens (tertiary/aromatic N) is 4. The van der Waals surface area contributed by atoms with Gasteiger partial charge in [0, 0.05) is 56.9 Å². The van der Waals surface area contributed by atoms with Gasteiger partial charge in [0.25, 0.3) is 11.5 Å². The number of aryl methyl sites for hydroxylation is 2. The van der Waals surface area contributed by atoms with Crippen molar-refractivity contribution in [3.63, 3.8) is 0 Å². The van der Waals surface area contributed by atoms with Crippen molar-refractivity contribution in [3.05, 3.63) is 64.2 Å². The molecular weight excluding hydrogens is 394 g/mol. The van der Waals surface area contributed by atoms with Crippen LogP contribution in [0.25, 0.3) is 0 Å². The fraction of sp³-hybridized carbons (Fsp3) is 0.318. The Kier molecular flexibility index (Phi) is 5.77. The lowest BCUT2D eigenvalue weighted by molar-refractivity contribution is 0.102. The predicted octanol–water partition coefficient (Wildman–Crippen LogP) is 2.16. The normalized spacial score (nSPS) is 14.5. The van der Waals surface area contributed by atoms with Crippen molar-refractivity contribution in [1.29, 1.82) is 0 Å². The molecule has 0 bridgehead atoms. The zero-order valence-electron chi connectivity index (χ0n) is 18.0. The maximum absolute atomic E-state index is 12.9. The molecule has 3 heterocycles. The van der Waals surface area contributed by atoms with Crippen molar-refractivity contribution in [2.24, 2.45) is 7.05 Å². The zero-order valence-corrected chi connectivity index (χ0v) is 18.0. The maximum Gasteiger partial charge on any atom is 0.263 e. The average Bonchev–Trinajstić information content (AvgIpc) is 3.06. The standard InChI is InChI=1S/C22H27N7O2/c1-15-14-19(28(3)26-15)25-18-8-9-23-21(30)20(18)22(31)24-16-4-6-17(7-5-16)29-12-10-27(2)11-13-29/h4-9,14H,10-13H2,1-3H3,(H,24,31)(H2,23,25,30). The molecule has 1 amide bonds. The molecular formula is C22H27N7O2. The molecule has 0 radical (unpaired) electrons. The molecule has 3 aromatic rings. The summed E-state index contributed by atoms with van der Waals surface area (Å²) in [5.74, 6) is 0.212. The van der Waals surface area contributed by atoms with Gasteiger partial charge in [-0.1, -0.05) is 0 Å². The summed E-state index contributed by atoms with van der Waals surface area (Å²) < 4.78 is 1.66. The lowest BCUT2D eigenvalue weighted by atomic mass is 10.2. The highest BCUT2D eigenvalue weighted by atomic mass is 16.2. The zero-order chi connectivity index (χ0) is 22.0. The second-order valence-electron chi connectivity index (χ2n) is 7.81. The fourth-order valence-electron chi connectivity index (χ4n) is 3.69. The Hall–Kier alpha value is -3.59. The molecule has 0 saturated carbocycles. The first-order valence-corrected chi connectivity index (χ1v) is 10.2. The number of anilines is 4. The topological polar surface area (TPSA) is 98.3 Å². The highest BCUT2D eigenvalue weighted by Gasteiger charge is 2.18. The van der Waals surface area contributed by atoms with Crippen LogP contribution in [-0.2, 0) is 7.05 Å². The molecule has 0 spiro atoms. The van der Waals surface area contributed by atoms with Crippen molar-refractivity contribution in [2.75, 3.05) is 48.8 Å². The molecule has 31 heavy (non-hydrogen) atoms. The van der Waals surface area contributed by atoms with Crippen LogP contribution in [0.15, 0.2) is 47.4 Å². The lowest BCUT2D eigenvalue weighted by Gasteiger charge is -2.34. The third-order valence-electron chi connectivity index (χ3n) is 5.45. The van der Waals surface area contributed by atoms with Crippen LogP contribution >= 0.6 is 0 Å². The van der Waals surface area contributed by atoms with Crippen molar-refractivity contribution in [2.45, 2.75) is 6.92 Å². The number of H-pyrrole nitrogens is 1. The van der Waals surface area contributed by atoms with Crippen LogP contribution in [0.5, 0.6) is 0 Å². The minimum absolute atomic E-state index is 0.0181. The molecule has 1 aliphatic heterocycles. The first-order chi connectivity index (χ1) is 14.9. The molecule has 162 valence electrons. The quantitative estimate of drug-likeness (QED) is 0.584. The molecule has 1 aromatic carbocycles. The molecule has 1 fully saturated rings. The van der Waals surface area contributed by atoms with E-state index in [9.17, 15) is 9.59 Å². The van der Waals surface area contributed by atoms with Crippen LogP contribution in [0.1, 0.15) is 16.1 Å². The molecule has 1 aliphatic rings. The maximum atomic E-state index is 12.9. The summed E-state index contributed by atoms with van der Waals surface area (Å²) >= 11 is 0. The van der Waals surface area contributed by atoms with E-state index >= 15 is 0 Å². The highest BCUT2D eigenvalue weighted by molar-refractivity contribution is 6.08. The minimum Gasteiger partial charge on any atom is -0.369 e. The van der Waals surface area contributed by atoms with E-state index in [-0.39, 0.29) is 5.56 Å². The number of rotatable bonds is 5. The first kappa shape index (κ1) is 20.7. The first-order valence-electron chi connectivity index (χ1n) is 10.2. The summed E-state index contributed by atoms with van der Waals surface area (Å²) in [6.07, 6.45) is 1.51. The largest absolute Gasteiger partial charge is 0.369 e. The number of piperazine rings is 1. The van der Waals surface area contributed by atoms with Crippen LogP contribution in [0.4, 0.5) is 22.9 Å². The van der Waals surface area contributed by atoms with Gasteiger partial charge in [0.2, 0.25) is 0 Å². The van der Waals surface area contributed by atoms with Gasteiger partial charge in [-0.2, -0.15) is 5.10 Å². The van der Waals surface area contributed by atoms with Crippen molar-refractivity contribution in [3.8, 4) is 0 Å². The fourth-order valence-corrected chi connectivity index (χ4v) is 3.69. The number of likely N-dealkylation sites (N-methyl/N-ethyl adjacent to an activating group) is 1. The Morgan fingerprint density at radius 3 is 2.42 bits per heavy atom. The van der Waals surface area contributed by atoms with E-state index in [1.807, 2.05) is 37.3 Å². The Bertz CT molecular complexity index is 1130. The summed E-state index contributed by atoms with van der Waals surface area (Å²) in [6.45, 7) is 5.89. The highest BCUT2D eigenvalue weighted by Crippen LogP contribution is 2.22. The SMILES string of the molecule is Cc1cc(Nc2cc[nH]c(=O)c2C(=O)Nc2ccc(N3CCN(C)CC3)cc2)n(C)n1. The minimum atomic E-state index is -0.476. The van der Waals surface area contributed by atoms with Crippen LogP contribution < -0.4 is 21.1 Å². The number of carbonyl (C=O) groups is 1. The third kappa shape index (κ3) is 4.61. The van der Waals surface area contributed by atoms with E-state index in [2.05, 4.69) is 37.6 Å². The summed E-state index contributed by atoms with van der Waals surface area (Å²) in [6, 6.07) is 11.2. The van der Waals surface area contributed by atoms with Gasteiger partial charge in [-0.05, 0) is 44.3 Å². The average molecular weight is 422 g/mol. The molecule has 0 aliphatic carbocycles. The molecule has 0 atom stereocenters. The van der Waals surface area contributed by atoms with Crippen LogP contribution in [0, 0.1) is 6.92 Å². The van der Waals surface area contributed by atoms with Gasteiger partial charge in [0.05, 0.1) is 11.4 Å². The number of carbonyl (C=O) groups excluding carboxylic acids is 1. The monoisotopic (exact) mass is 421 g/mol. The number of aromatic nitrogens is 3. The Balaban J connectivity index is 1.51. The number of aromatic amines is 1. The van der Waals surface area contributed by atoms with Crippen molar-refractivity contribution in [1.82, 2.24) is 19.7 Å². The van der Waals surface area contributed by atoms with Gasteiger partial charge in [-0.15, -0.1) is 0 Å². The lowest BCUT2D eigenvalue weighted by Crippen LogP contribution is -2.44. The molecule has 1 saturated heterocycles. The number of hydrogen-bond acceptors (Lipinski definition) is 6. The second kappa shape index (κ2) is 8.65. The Labute approximate surface area is 180 Å². The molecule has 0 unspecified atom stereocenters. The molecule has 3 N–H and O–H groups in total. The smallest absolute Gasteiger partial charge is 0.263 e. The molecule has 9 heteroatoms. The van der Waals surface area contributed by atoms with E-state index in [1.54, 1.807) is 17.8 Å². The van der Waals surface area contributed by atoms with Gasteiger partial charge >= 0.3 is 0 Å². The van der Waals surface area contributed by atoms with Gasteiger partial charge < -0.3 is 25.4 Å². The summed E-state index contributed by atoms with van der Waals surface area (Å²) in [7, 11) is 3.92. The number of nitrogens with one attached hydrogen (secondary N) is 3. The van der Waals surface area contributed by atoms with E-state index in [0.29, 0.717) is 17.2 Å². The Morgan fingerprint density at radius 2 is 1.77 bits per heavy atom. The number of amides is 1. The van der Waals surface area contributed by atoms with Gasteiger partial charge in [-0.3, -0.25) is 14.3 Å². The summed E-state index contributed by atoms with van der Waals surface area (Å²) in [5, 5.41) is 10.3. The molecule has 4 rings (SSSR count). The van der Waals surface area contributed by atoms with E-state index < -0.39 is 11.5 Å². The number of benzene rings is 1. The van der Waals surface area contributed by atoms with E-state index in [4.69, 9.17) is 0 Å². The summed E-state index contributed by atoms with van der Waals surface area (Å²) in [5.41, 5.74) is 2.56. The van der Waals surface area contributed by atoms with Gasteiger partial charge in [-0.25, -0.2) is 0 Å². The van der Waals surface area contributed by atoms with E-state index in [0.717, 1.165) is 37.6 Å². The number of pyridine rings is 1. The van der Waals surface area contributed by atoms with Gasteiger partial charge in [0.1, 0.15) is 11.4 Å². The van der Waals surface area contributed by atoms with E-state index in [1.165, 1.54) is 6.20 Å². The van der Waals surface area contributed by atoms with Crippen LogP contribution in [-0.4, -0.2) is 58.8 Å². The number of hydrogen-bond donors (Lipinski definition) is 3. The third-order valence-corrected chi connectivity index (χ3v) is 5.45. The van der Waals surface area contributed by atoms with Crippen molar-refractivity contribution >= 4 is 28.8 Å². The van der Waals surface area contributed by atoms with Crippen LogP contribution in [0.2, 0.25) is 0 Å². The molecule has 9 nitrogen and oxygen atoms in total. The molecule has 2 aromatic heterocycles.